The molecule has 0 bridgehead atoms. The van der Waals surface area contributed by atoms with Crippen LogP contribution in [0.15, 0.2) is 24.3 Å². The number of rotatable bonds is 2. The van der Waals surface area contributed by atoms with Crippen LogP contribution in [0.1, 0.15) is 31.2 Å². The van der Waals surface area contributed by atoms with E-state index in [1.807, 2.05) is 29.2 Å². The van der Waals surface area contributed by atoms with Gasteiger partial charge in [-0.2, -0.15) is 0 Å². The van der Waals surface area contributed by atoms with E-state index in [-0.39, 0.29) is 17.8 Å². The highest BCUT2D eigenvalue weighted by molar-refractivity contribution is 6.30. The number of halogens is 2. The summed E-state index contributed by atoms with van der Waals surface area (Å²) in [7, 11) is 0. The SMILES string of the molecule is Cl.O=C1N(Cc2cccc(Cl)c2)CCCC12CCCNC2. The van der Waals surface area contributed by atoms with Crippen LogP contribution in [0.4, 0.5) is 0 Å². The van der Waals surface area contributed by atoms with Crippen molar-refractivity contribution in [1.29, 1.82) is 0 Å². The van der Waals surface area contributed by atoms with Gasteiger partial charge in [0.15, 0.2) is 0 Å². The van der Waals surface area contributed by atoms with Crippen molar-refractivity contribution in [2.24, 2.45) is 5.41 Å². The van der Waals surface area contributed by atoms with Gasteiger partial charge in [0.25, 0.3) is 0 Å². The quantitative estimate of drug-likeness (QED) is 0.903. The molecule has 1 unspecified atom stereocenters. The first-order valence-electron chi connectivity index (χ1n) is 7.44. The van der Waals surface area contributed by atoms with Crippen LogP contribution in [0.2, 0.25) is 5.02 Å². The zero-order valence-corrected chi connectivity index (χ0v) is 13.7. The fraction of sp³-hybridized carbons (Fsp3) is 0.562. The molecule has 3 nitrogen and oxygen atoms in total. The first-order chi connectivity index (χ1) is 9.70. The predicted molar refractivity (Wildman–Crippen MR) is 87.9 cm³/mol. The monoisotopic (exact) mass is 328 g/mol. The summed E-state index contributed by atoms with van der Waals surface area (Å²) >= 11 is 6.03. The average Bonchev–Trinajstić information content (AvgIpc) is 2.45. The normalized spacial score (nSPS) is 25.8. The van der Waals surface area contributed by atoms with Crippen molar-refractivity contribution in [3.05, 3.63) is 34.9 Å². The number of carbonyl (C=O) groups excluding carboxylic acids is 1. The Morgan fingerprint density at radius 1 is 1.29 bits per heavy atom. The molecule has 0 aliphatic carbocycles. The van der Waals surface area contributed by atoms with Crippen LogP contribution in [0.3, 0.4) is 0 Å². The summed E-state index contributed by atoms with van der Waals surface area (Å²) in [6.07, 6.45) is 4.28. The predicted octanol–water partition coefficient (Wildman–Crippen LogP) is 3.25. The smallest absolute Gasteiger partial charge is 0.230 e. The third kappa shape index (κ3) is 3.53. The largest absolute Gasteiger partial charge is 0.338 e. The van der Waals surface area contributed by atoms with E-state index in [2.05, 4.69) is 5.32 Å². The second kappa shape index (κ2) is 6.99. The zero-order chi connectivity index (χ0) is 14.0. The molecule has 1 amide bonds. The first-order valence-corrected chi connectivity index (χ1v) is 7.82. The maximum absolute atomic E-state index is 12.8. The third-order valence-corrected chi connectivity index (χ3v) is 4.79. The van der Waals surface area contributed by atoms with Gasteiger partial charge in [-0.3, -0.25) is 4.79 Å². The van der Waals surface area contributed by atoms with Gasteiger partial charge in [0.05, 0.1) is 5.41 Å². The lowest BCUT2D eigenvalue weighted by atomic mass is 9.73. The van der Waals surface area contributed by atoms with Gasteiger partial charge in [-0.1, -0.05) is 23.7 Å². The Hall–Kier alpha value is -0.770. The fourth-order valence-corrected chi connectivity index (χ4v) is 3.74. The molecule has 2 aliphatic heterocycles. The number of piperidine rings is 2. The van der Waals surface area contributed by atoms with Gasteiger partial charge in [-0.25, -0.2) is 0 Å². The number of carbonyl (C=O) groups is 1. The highest BCUT2D eigenvalue weighted by atomic mass is 35.5. The second-order valence-corrected chi connectivity index (χ2v) is 6.46. The second-order valence-electron chi connectivity index (χ2n) is 6.02. The van der Waals surface area contributed by atoms with E-state index in [4.69, 9.17) is 11.6 Å². The van der Waals surface area contributed by atoms with Crippen molar-refractivity contribution in [1.82, 2.24) is 10.2 Å². The van der Waals surface area contributed by atoms with E-state index < -0.39 is 0 Å². The Morgan fingerprint density at radius 3 is 2.81 bits per heavy atom. The molecule has 0 saturated carbocycles. The van der Waals surface area contributed by atoms with Crippen molar-refractivity contribution in [3.63, 3.8) is 0 Å². The number of hydrogen-bond acceptors (Lipinski definition) is 2. The standard InChI is InChI=1S/C16H21ClN2O.ClH/c17-14-5-1-4-13(10-14)11-19-9-3-7-16(15(19)20)6-2-8-18-12-16;/h1,4-5,10,18H,2-3,6-9,11-12H2;1H. The Morgan fingerprint density at radius 2 is 2.10 bits per heavy atom. The highest BCUT2D eigenvalue weighted by Gasteiger charge is 2.44. The Kier molecular flexibility index (Phi) is 5.53. The molecule has 1 aromatic rings. The lowest BCUT2D eigenvalue weighted by molar-refractivity contribution is -0.148. The molecule has 2 heterocycles. The molecule has 1 aromatic carbocycles. The number of likely N-dealkylation sites (tertiary alicyclic amines) is 1. The van der Waals surface area contributed by atoms with Gasteiger partial charge in [-0.05, 0) is 49.9 Å². The topological polar surface area (TPSA) is 32.3 Å². The first kappa shape index (κ1) is 16.6. The van der Waals surface area contributed by atoms with Crippen molar-refractivity contribution >= 4 is 29.9 Å². The van der Waals surface area contributed by atoms with E-state index >= 15 is 0 Å². The number of amides is 1. The summed E-state index contributed by atoms with van der Waals surface area (Å²) in [4.78, 5) is 14.9. The maximum atomic E-state index is 12.8. The lowest BCUT2D eigenvalue weighted by Gasteiger charge is -2.44. The summed E-state index contributed by atoms with van der Waals surface area (Å²) in [6, 6.07) is 7.81. The van der Waals surface area contributed by atoms with E-state index in [0.717, 1.165) is 55.9 Å². The van der Waals surface area contributed by atoms with Gasteiger partial charge in [0, 0.05) is 24.7 Å². The molecule has 1 atom stereocenters. The number of hydrogen-bond donors (Lipinski definition) is 1. The number of nitrogens with zero attached hydrogens (tertiary/aromatic N) is 1. The minimum atomic E-state index is -0.144. The molecule has 0 radical (unpaired) electrons. The molecule has 21 heavy (non-hydrogen) atoms. The molecule has 5 heteroatoms. The van der Waals surface area contributed by atoms with Crippen molar-refractivity contribution in [2.75, 3.05) is 19.6 Å². The Balaban J connectivity index is 0.00000161. The van der Waals surface area contributed by atoms with Crippen LogP contribution in [0.5, 0.6) is 0 Å². The van der Waals surface area contributed by atoms with Crippen LogP contribution in [-0.2, 0) is 11.3 Å². The minimum absolute atomic E-state index is 0. The van der Waals surface area contributed by atoms with Gasteiger partial charge < -0.3 is 10.2 Å². The minimum Gasteiger partial charge on any atom is -0.338 e. The molecular weight excluding hydrogens is 307 g/mol. The van der Waals surface area contributed by atoms with Gasteiger partial charge in [-0.15, -0.1) is 12.4 Å². The Bertz CT molecular complexity index is 495. The number of benzene rings is 1. The summed E-state index contributed by atoms with van der Waals surface area (Å²) in [5.74, 6) is 0.330. The molecule has 116 valence electrons. The van der Waals surface area contributed by atoms with Crippen LogP contribution >= 0.6 is 24.0 Å². The summed E-state index contributed by atoms with van der Waals surface area (Å²) in [5.41, 5.74) is 0.974. The van der Waals surface area contributed by atoms with Crippen LogP contribution in [0, 0.1) is 5.41 Å². The van der Waals surface area contributed by atoms with Crippen molar-refractivity contribution in [2.45, 2.75) is 32.2 Å². The lowest BCUT2D eigenvalue weighted by Crippen LogP contribution is -2.54. The zero-order valence-electron chi connectivity index (χ0n) is 12.1. The van der Waals surface area contributed by atoms with Crippen LogP contribution < -0.4 is 5.32 Å². The maximum Gasteiger partial charge on any atom is 0.230 e. The van der Waals surface area contributed by atoms with E-state index in [9.17, 15) is 4.79 Å². The molecule has 3 rings (SSSR count). The van der Waals surface area contributed by atoms with E-state index in [1.54, 1.807) is 0 Å². The fourth-order valence-electron chi connectivity index (χ4n) is 3.52. The Labute approximate surface area is 137 Å². The molecule has 2 saturated heterocycles. The molecule has 2 aliphatic rings. The number of nitrogens with one attached hydrogen (secondary N) is 1. The van der Waals surface area contributed by atoms with Crippen LogP contribution in [0.25, 0.3) is 0 Å². The average molecular weight is 329 g/mol. The van der Waals surface area contributed by atoms with Gasteiger partial charge in [0.1, 0.15) is 0 Å². The molecule has 2 fully saturated rings. The van der Waals surface area contributed by atoms with E-state index in [1.165, 1.54) is 0 Å². The van der Waals surface area contributed by atoms with Gasteiger partial charge >= 0.3 is 0 Å². The van der Waals surface area contributed by atoms with Crippen molar-refractivity contribution in [3.8, 4) is 0 Å². The van der Waals surface area contributed by atoms with Crippen LogP contribution in [-0.4, -0.2) is 30.4 Å². The summed E-state index contributed by atoms with van der Waals surface area (Å²) in [6.45, 7) is 3.44. The summed E-state index contributed by atoms with van der Waals surface area (Å²) in [5, 5.41) is 4.14. The van der Waals surface area contributed by atoms with E-state index in [0.29, 0.717) is 12.5 Å². The molecule has 1 N–H and O–H groups in total. The molecular formula is C16H22Cl2N2O. The van der Waals surface area contributed by atoms with Crippen molar-refractivity contribution < 1.29 is 4.79 Å². The molecule has 0 aromatic heterocycles. The summed E-state index contributed by atoms with van der Waals surface area (Å²) < 4.78 is 0. The molecule has 1 spiro atoms. The highest BCUT2D eigenvalue weighted by Crippen LogP contribution is 2.37. The third-order valence-electron chi connectivity index (χ3n) is 4.56. The van der Waals surface area contributed by atoms with Gasteiger partial charge in [0.2, 0.25) is 5.91 Å².